The van der Waals surface area contributed by atoms with E-state index < -0.39 is 143 Å². The Kier molecular flexibility index (Phi) is 27.6. The molecule has 1 saturated carbocycles. The number of nitrogens with one attached hydrogen (secondary N) is 6. The van der Waals surface area contributed by atoms with E-state index in [1.807, 2.05) is 13.8 Å². The number of ketones is 4. The number of unbranched alkanes of at least 4 members (excludes halogenated alkanes) is 1. The summed E-state index contributed by atoms with van der Waals surface area (Å²) in [7, 11) is 1.88. The van der Waals surface area contributed by atoms with Gasteiger partial charge in [-0.25, -0.2) is 4.68 Å². The van der Waals surface area contributed by atoms with E-state index in [9.17, 15) is 67.7 Å². The van der Waals surface area contributed by atoms with Crippen molar-refractivity contribution in [3.8, 4) is 0 Å². The number of amides is 6. The summed E-state index contributed by atoms with van der Waals surface area (Å²) in [5.74, 6) is -13.8. The first-order chi connectivity index (χ1) is 36.0. The summed E-state index contributed by atoms with van der Waals surface area (Å²) < 4.78 is 1.60. The van der Waals surface area contributed by atoms with Crippen molar-refractivity contribution in [2.24, 2.45) is 39.9 Å². The predicted octanol–water partition coefficient (Wildman–Crippen LogP) is -1.64. The molecular weight excluding hydrogens is 1030 g/mol. The maximum atomic E-state index is 14.2. The number of hydrogen-bond acceptors (Lipinski definition) is 18. The molecule has 1 unspecified atom stereocenters. The van der Waals surface area contributed by atoms with Gasteiger partial charge < -0.3 is 59.3 Å². The van der Waals surface area contributed by atoms with Crippen molar-refractivity contribution in [2.45, 2.75) is 153 Å². The van der Waals surface area contributed by atoms with Gasteiger partial charge in [-0.3, -0.25) is 62.5 Å². The van der Waals surface area contributed by atoms with Gasteiger partial charge in [0.25, 0.3) is 0 Å². The molecular formula is C47H73N13O14S2. The minimum atomic E-state index is -1.76. The van der Waals surface area contributed by atoms with Crippen LogP contribution in [0.5, 0.6) is 0 Å². The van der Waals surface area contributed by atoms with Crippen LogP contribution in [0.3, 0.4) is 0 Å². The van der Waals surface area contributed by atoms with E-state index in [0.29, 0.717) is 25.0 Å². The fourth-order valence-electron chi connectivity index (χ4n) is 8.39. The van der Waals surface area contributed by atoms with Gasteiger partial charge >= 0.3 is 11.9 Å². The normalized spacial score (nSPS) is 24.5. The van der Waals surface area contributed by atoms with Gasteiger partial charge in [0.15, 0.2) is 11.7 Å². The Labute approximate surface area is 447 Å². The van der Waals surface area contributed by atoms with Gasteiger partial charge in [-0.15, -0.1) is 5.10 Å². The summed E-state index contributed by atoms with van der Waals surface area (Å²) in [6.45, 7) is 4.11. The fourth-order valence-corrected chi connectivity index (χ4v) is 11.0. The molecule has 1 aliphatic heterocycles. The van der Waals surface area contributed by atoms with Gasteiger partial charge in [0.2, 0.25) is 35.4 Å². The van der Waals surface area contributed by atoms with E-state index in [4.69, 9.17) is 17.2 Å². The number of carboxylic acid groups (broad SMARTS) is 2. The van der Waals surface area contributed by atoms with E-state index in [1.54, 1.807) is 10.9 Å². The molecule has 6 amide bonds. The lowest BCUT2D eigenvalue weighted by molar-refractivity contribution is -0.142. The molecule has 76 heavy (non-hydrogen) atoms. The van der Waals surface area contributed by atoms with E-state index in [2.05, 4.69) is 47.2 Å². The number of aliphatic carboxylic acids is 2. The Morgan fingerprint density at radius 2 is 1.47 bits per heavy atom. The average molecular weight is 1110 g/mol. The lowest BCUT2D eigenvalue weighted by Crippen LogP contribution is -2.56. The van der Waals surface area contributed by atoms with Crippen LogP contribution in [-0.2, 0) is 64.0 Å². The number of guanidine groups is 1. The predicted molar refractivity (Wildman–Crippen MR) is 278 cm³/mol. The van der Waals surface area contributed by atoms with Crippen molar-refractivity contribution < 1.29 is 67.7 Å². The van der Waals surface area contributed by atoms with Crippen molar-refractivity contribution in [1.29, 1.82) is 0 Å². The van der Waals surface area contributed by atoms with Crippen LogP contribution < -0.4 is 49.1 Å². The summed E-state index contributed by atoms with van der Waals surface area (Å²) in [6.07, 6.45) is 0.493. The van der Waals surface area contributed by atoms with Crippen LogP contribution in [0.2, 0.25) is 0 Å². The van der Waals surface area contributed by atoms with Crippen LogP contribution in [0.4, 0.5) is 0 Å². The molecule has 0 spiro atoms. The van der Waals surface area contributed by atoms with Crippen molar-refractivity contribution in [3.05, 3.63) is 11.9 Å². The van der Waals surface area contributed by atoms with Crippen molar-refractivity contribution in [1.82, 2.24) is 46.9 Å². The molecule has 0 radical (unpaired) electrons. The molecule has 3 rings (SSSR count). The first-order valence-electron chi connectivity index (χ1n) is 25.2. The minimum Gasteiger partial charge on any atom is -0.481 e. The Morgan fingerprint density at radius 3 is 2.11 bits per heavy atom. The topological polar surface area (TPSA) is 439 Å². The van der Waals surface area contributed by atoms with Crippen molar-refractivity contribution in [3.63, 3.8) is 0 Å². The van der Waals surface area contributed by atoms with Gasteiger partial charge in [-0.2, -0.15) is 0 Å². The fraction of sp³-hybridized carbons (Fsp3) is 0.681. The van der Waals surface area contributed by atoms with Crippen molar-refractivity contribution in [2.75, 3.05) is 31.9 Å². The summed E-state index contributed by atoms with van der Waals surface area (Å²) in [4.78, 5) is 164. The molecule has 8 atom stereocenters. The number of fused-ring (bicyclic) bond motifs is 1. The third-order valence-electron chi connectivity index (χ3n) is 12.6. The second kappa shape index (κ2) is 32.8. The van der Waals surface area contributed by atoms with E-state index in [1.165, 1.54) is 6.92 Å². The van der Waals surface area contributed by atoms with E-state index in [-0.39, 0.29) is 95.2 Å². The van der Waals surface area contributed by atoms with Gasteiger partial charge in [0.1, 0.15) is 35.5 Å². The van der Waals surface area contributed by atoms with Crippen LogP contribution in [0.15, 0.2) is 11.2 Å². The zero-order valence-electron chi connectivity index (χ0n) is 43.0. The number of Topliss-reactive ketones (excluding diaryl/α,β-unsaturated/α-hetero) is 4. The smallest absolute Gasteiger partial charge is 0.305 e. The second-order valence-electron chi connectivity index (χ2n) is 19.0. The molecule has 2 aliphatic rings. The number of nitrogens with two attached hydrogens (primary N) is 3. The molecule has 0 aromatic carbocycles. The van der Waals surface area contributed by atoms with Crippen LogP contribution in [0, 0.1) is 17.8 Å². The average Bonchev–Trinajstić information content (AvgIpc) is 4.06. The Hall–Kier alpha value is -6.49. The number of rotatable bonds is 18. The number of aryl methyl sites for hydroxylation is 1. The molecule has 29 heteroatoms. The zero-order valence-corrected chi connectivity index (χ0v) is 44.7. The molecule has 1 aromatic rings. The number of aromatic nitrogens is 3. The largest absolute Gasteiger partial charge is 0.481 e. The first-order valence-corrected chi connectivity index (χ1v) is 27.6. The maximum Gasteiger partial charge on any atom is 0.305 e. The minimum absolute atomic E-state index is 0.00589. The summed E-state index contributed by atoms with van der Waals surface area (Å²) in [5.41, 5.74) is 17.1. The first kappa shape index (κ1) is 63.8. The summed E-state index contributed by atoms with van der Waals surface area (Å²) in [5, 5.41) is 41.5. The molecule has 2 heterocycles. The number of aliphatic imine (C=N–C) groups is 1. The Bertz CT molecular complexity index is 2280. The van der Waals surface area contributed by atoms with Crippen LogP contribution in [0.1, 0.15) is 122 Å². The highest BCUT2D eigenvalue weighted by Gasteiger charge is 2.40. The lowest BCUT2D eigenvalue weighted by atomic mass is 9.82. The van der Waals surface area contributed by atoms with Crippen LogP contribution in [0.25, 0.3) is 0 Å². The number of carbonyl (C=O) groups excluding carboxylic acids is 10. The number of carboxylic acids is 2. The van der Waals surface area contributed by atoms with Gasteiger partial charge in [-0.1, -0.05) is 33.2 Å². The molecule has 422 valence electrons. The van der Waals surface area contributed by atoms with Crippen LogP contribution in [-0.4, -0.2) is 163 Å². The van der Waals surface area contributed by atoms with Crippen molar-refractivity contribution >= 4 is 98.1 Å². The van der Waals surface area contributed by atoms with E-state index in [0.717, 1.165) is 21.6 Å². The van der Waals surface area contributed by atoms with E-state index >= 15 is 0 Å². The summed E-state index contributed by atoms with van der Waals surface area (Å²) >= 11 is 0. The molecule has 1 saturated heterocycles. The highest BCUT2D eigenvalue weighted by atomic mass is 33.1. The number of carbonyl (C=O) groups is 12. The van der Waals surface area contributed by atoms with Gasteiger partial charge in [0, 0.05) is 75.0 Å². The number of hydrogen-bond donors (Lipinski definition) is 11. The Balaban J connectivity index is 2.02. The summed E-state index contributed by atoms with van der Waals surface area (Å²) in [6, 6.07) is -5.82. The molecule has 1 aliphatic carbocycles. The second-order valence-corrected chi connectivity index (χ2v) is 21.6. The quantitative estimate of drug-likeness (QED) is 0.0340. The molecule has 0 bridgehead atoms. The molecule has 1 aromatic heterocycles. The molecule has 27 nitrogen and oxygen atoms in total. The monoisotopic (exact) mass is 1110 g/mol. The standard InChI is InChI=1S/C47H73N13O14S2/c1-25(2)60-23-28(58-59-60)12-15-39(65)55-34-24-75-76-38(26(3)61)21-52-43(71)27(19-41(67)68)18-37(64)30-9-6-8-29(30)35(62)13-14-36(63)31(10-4-5-16-48)56-45(73)33(20-42(69)70)54-40(66)22-53-44(72)32(57-46(34)74)11-7-17-51-47(49)50/h23,25,27,29-34,38H,4-22,24,48H2,1-3H3,(H,52,71)(H,53,72)(H,54,66)(H,55,65)(H,56,73)(H,57,74)(H,67,68)(H,69,70)(H4,49,50,51)/t27-,29?,30+,31-,32-,33-,34-,38+/m0/s1. The number of nitrogens with zero attached hydrogens (tertiary/aromatic N) is 4. The Morgan fingerprint density at radius 1 is 0.816 bits per heavy atom. The maximum absolute atomic E-state index is 14.2. The third kappa shape index (κ3) is 22.8. The highest BCUT2D eigenvalue weighted by Crippen LogP contribution is 2.36. The van der Waals surface area contributed by atoms with Crippen LogP contribution >= 0.6 is 21.6 Å². The highest BCUT2D eigenvalue weighted by molar-refractivity contribution is 8.77. The zero-order chi connectivity index (χ0) is 56.5. The van der Waals surface area contributed by atoms with Gasteiger partial charge in [-0.05, 0) is 72.3 Å². The lowest BCUT2D eigenvalue weighted by Gasteiger charge is -2.24. The van der Waals surface area contributed by atoms with Gasteiger partial charge in [0.05, 0.1) is 42.3 Å². The third-order valence-corrected chi connectivity index (χ3v) is 15.4. The SMILES string of the molecule is CC(=O)[C@H]1CNC(=O)[C@H](CC(=O)O)CC(=O)[C@@H]2CCCC2C(=O)CCC(=O)[C@H](CCCCN)NC(=O)[C@H](CC(=O)O)NC(=O)CNC(=O)[C@H](CCCN=C(N)N)NC(=O)[C@@H](NC(=O)CCc2cn(C(C)C)nn2)CSS1. The molecule has 14 N–H and O–H groups in total. The molecule has 2 fully saturated rings.